The summed E-state index contributed by atoms with van der Waals surface area (Å²) in [5.41, 5.74) is 1.85. The van der Waals surface area contributed by atoms with Crippen molar-refractivity contribution in [2.75, 3.05) is 17.3 Å². The highest BCUT2D eigenvalue weighted by atomic mass is 32.2. The van der Waals surface area contributed by atoms with Gasteiger partial charge in [0, 0.05) is 10.5 Å². The van der Waals surface area contributed by atoms with Crippen LogP contribution in [0.25, 0.3) is 0 Å². The van der Waals surface area contributed by atoms with Gasteiger partial charge in [0.15, 0.2) is 6.10 Å². The van der Waals surface area contributed by atoms with E-state index in [0.29, 0.717) is 11.3 Å². The van der Waals surface area contributed by atoms with Gasteiger partial charge in [-0.3, -0.25) is 5.32 Å². The number of esters is 1. The van der Waals surface area contributed by atoms with Crippen LogP contribution in [-0.2, 0) is 30.3 Å². The van der Waals surface area contributed by atoms with Gasteiger partial charge in [0.2, 0.25) is 5.85 Å². The highest BCUT2D eigenvalue weighted by Gasteiger charge is 2.54. The molecule has 3 aromatic carbocycles. The second kappa shape index (κ2) is 9.05. The van der Waals surface area contributed by atoms with Crippen molar-refractivity contribution in [1.82, 2.24) is 10.0 Å². The third kappa shape index (κ3) is 4.08. The van der Waals surface area contributed by atoms with Crippen LogP contribution in [0, 0.1) is 0 Å². The van der Waals surface area contributed by atoms with E-state index < -0.39 is 34.2 Å². The smallest absolute Gasteiger partial charge is 0.337 e. The summed E-state index contributed by atoms with van der Waals surface area (Å²) in [5, 5.41) is 3.26. The zero-order chi connectivity index (χ0) is 23.8. The van der Waals surface area contributed by atoms with E-state index in [2.05, 4.69) is 10.0 Å². The van der Waals surface area contributed by atoms with Crippen molar-refractivity contribution in [3.8, 4) is 0 Å². The first-order chi connectivity index (χ1) is 16.4. The summed E-state index contributed by atoms with van der Waals surface area (Å²) in [6.45, 7) is 0. The van der Waals surface area contributed by atoms with Crippen LogP contribution in [0.2, 0.25) is 0 Å². The molecule has 2 aliphatic heterocycles. The van der Waals surface area contributed by atoms with Gasteiger partial charge in [-0.15, -0.1) is 16.5 Å². The molecule has 0 unspecified atom stereocenters. The lowest BCUT2D eigenvalue weighted by Gasteiger charge is -2.32. The average molecular weight is 498 g/mol. The van der Waals surface area contributed by atoms with Crippen molar-refractivity contribution >= 4 is 33.6 Å². The molecular weight excluding hydrogens is 474 g/mol. The van der Waals surface area contributed by atoms with Crippen molar-refractivity contribution < 1.29 is 22.7 Å². The molecule has 10 heteroatoms. The number of ether oxygens (including phenoxy) is 2. The number of carbonyl (C=O) groups is 1. The minimum atomic E-state index is -4.10. The predicted molar refractivity (Wildman–Crippen MR) is 129 cm³/mol. The summed E-state index contributed by atoms with van der Waals surface area (Å²) in [5.74, 6) is -2.09. The Morgan fingerprint density at radius 2 is 1.71 bits per heavy atom. The summed E-state index contributed by atoms with van der Waals surface area (Å²) >= 11 is 1.43. The third-order valence-corrected chi connectivity index (χ3v) is 8.43. The summed E-state index contributed by atoms with van der Waals surface area (Å²) in [6, 6.07) is 24.8. The lowest BCUT2D eigenvalue weighted by Crippen LogP contribution is -2.57. The van der Waals surface area contributed by atoms with Gasteiger partial charge in [-0.2, -0.15) is 8.42 Å². The van der Waals surface area contributed by atoms with E-state index >= 15 is 0 Å². The maximum Gasteiger partial charge on any atom is 0.337 e. The number of rotatable bonds is 6. The van der Waals surface area contributed by atoms with Crippen LogP contribution < -0.4 is 14.3 Å². The number of hydrogen-bond acceptors (Lipinski definition) is 7. The Labute approximate surface area is 202 Å². The fourth-order valence-electron chi connectivity index (χ4n) is 4.16. The molecule has 8 nitrogen and oxygen atoms in total. The monoisotopic (exact) mass is 497 g/mol. The Hall–Kier alpha value is -2.89. The first-order valence-corrected chi connectivity index (χ1v) is 13.0. The molecule has 0 amide bonds. The summed E-state index contributed by atoms with van der Waals surface area (Å²) in [7, 11) is -2.83. The average Bonchev–Trinajstić information content (AvgIpc) is 3.48. The molecule has 2 N–H and O–H groups in total. The minimum Gasteiger partial charge on any atom is -0.467 e. The molecule has 0 aromatic heterocycles. The van der Waals surface area contributed by atoms with Gasteiger partial charge in [0.1, 0.15) is 0 Å². The third-order valence-electron chi connectivity index (χ3n) is 5.77. The molecule has 0 radical (unpaired) electrons. The molecule has 176 valence electrons. The van der Waals surface area contributed by atoms with Crippen LogP contribution >= 0.6 is 11.8 Å². The molecule has 0 saturated carbocycles. The van der Waals surface area contributed by atoms with Gasteiger partial charge in [0.05, 0.1) is 24.7 Å². The molecule has 3 aromatic rings. The van der Waals surface area contributed by atoms with Gasteiger partial charge in [-0.25, -0.2) is 9.10 Å². The first-order valence-electron chi connectivity index (χ1n) is 10.6. The molecule has 0 spiro atoms. The Morgan fingerprint density at radius 1 is 1.06 bits per heavy atom. The van der Waals surface area contributed by atoms with E-state index in [1.807, 2.05) is 48.5 Å². The Kier molecular flexibility index (Phi) is 6.09. The van der Waals surface area contributed by atoms with E-state index in [1.54, 1.807) is 36.4 Å². The van der Waals surface area contributed by atoms with Crippen LogP contribution in [0.15, 0.2) is 89.8 Å². The quantitative estimate of drug-likeness (QED) is 0.505. The normalized spacial score (nSPS) is 24.1. The molecular formula is C24H23N3O5S2. The highest BCUT2D eigenvalue weighted by molar-refractivity contribution is 8.01. The number of thioether (sulfide) groups is 1. The second-order valence-electron chi connectivity index (χ2n) is 7.84. The van der Waals surface area contributed by atoms with Crippen LogP contribution in [0.1, 0.15) is 17.2 Å². The predicted octanol–water partition coefficient (Wildman–Crippen LogP) is 3.10. The molecule has 2 aliphatic rings. The van der Waals surface area contributed by atoms with Gasteiger partial charge < -0.3 is 9.47 Å². The Morgan fingerprint density at radius 3 is 2.41 bits per heavy atom. The van der Waals surface area contributed by atoms with Gasteiger partial charge in [0.25, 0.3) is 0 Å². The molecule has 2 heterocycles. The second-order valence-corrected chi connectivity index (χ2v) is 10.4. The van der Waals surface area contributed by atoms with Crippen molar-refractivity contribution in [2.24, 2.45) is 0 Å². The molecule has 0 aliphatic carbocycles. The van der Waals surface area contributed by atoms with Crippen LogP contribution in [-0.4, -0.2) is 33.5 Å². The molecule has 34 heavy (non-hydrogen) atoms. The fraction of sp³-hybridized carbons (Fsp3) is 0.208. The number of hydrogen-bond donors (Lipinski definition) is 2. The lowest BCUT2D eigenvalue weighted by atomic mass is 10.0. The highest BCUT2D eigenvalue weighted by Crippen LogP contribution is 2.42. The van der Waals surface area contributed by atoms with E-state index in [4.69, 9.17) is 9.47 Å². The Balaban J connectivity index is 1.57. The minimum absolute atomic E-state index is 0.224. The van der Waals surface area contributed by atoms with Gasteiger partial charge in [-0.05, 0) is 17.7 Å². The topological polar surface area (TPSA) is 97.0 Å². The fourth-order valence-corrected chi connectivity index (χ4v) is 6.95. The van der Waals surface area contributed by atoms with Crippen molar-refractivity contribution in [2.45, 2.75) is 22.9 Å². The number of nitrogens with one attached hydrogen (secondary N) is 2. The Bertz CT molecular complexity index is 1290. The van der Waals surface area contributed by atoms with Crippen molar-refractivity contribution in [3.05, 3.63) is 96.1 Å². The molecule has 5 rings (SSSR count). The van der Waals surface area contributed by atoms with E-state index in [9.17, 15) is 13.2 Å². The summed E-state index contributed by atoms with van der Waals surface area (Å²) in [4.78, 5) is 13.6. The van der Waals surface area contributed by atoms with Gasteiger partial charge >= 0.3 is 16.2 Å². The van der Waals surface area contributed by atoms with Crippen molar-refractivity contribution in [1.29, 1.82) is 0 Å². The number of carbonyl (C=O) groups excluding carboxylic acids is 1. The first kappa shape index (κ1) is 22.9. The number of methoxy groups -OCH3 is 1. The van der Waals surface area contributed by atoms with Crippen LogP contribution in [0.5, 0.6) is 0 Å². The maximum absolute atomic E-state index is 13.7. The zero-order valence-electron chi connectivity index (χ0n) is 18.2. The molecule has 0 bridgehead atoms. The number of anilines is 1. The van der Waals surface area contributed by atoms with E-state index in [-0.39, 0.29) is 5.88 Å². The lowest BCUT2D eigenvalue weighted by molar-refractivity contribution is -0.160. The zero-order valence-corrected chi connectivity index (χ0v) is 19.9. The summed E-state index contributed by atoms with van der Waals surface area (Å²) < 4.78 is 42.6. The number of para-hydroxylation sites is 1. The van der Waals surface area contributed by atoms with Gasteiger partial charge in [-0.1, -0.05) is 72.8 Å². The van der Waals surface area contributed by atoms with Crippen LogP contribution in [0.4, 0.5) is 5.69 Å². The van der Waals surface area contributed by atoms with Crippen LogP contribution in [0.3, 0.4) is 0 Å². The number of nitrogens with zero attached hydrogens (tertiary/aromatic N) is 1. The number of benzene rings is 3. The van der Waals surface area contributed by atoms with Crippen molar-refractivity contribution in [3.63, 3.8) is 0 Å². The SMILES string of the molecule is COC(=O)[C@@H]1O[C@@](NS(=O)(=O)N2CSc3ccccc32)(c2ccccc2)N[C@H]1c1ccccc1. The molecule has 1 fully saturated rings. The van der Waals surface area contributed by atoms with E-state index in [0.717, 1.165) is 10.5 Å². The maximum atomic E-state index is 13.7. The molecule has 1 saturated heterocycles. The standard InChI is InChI=1S/C24H23N3O5S2/c1-31-23(28)22-21(17-10-4-2-5-11-17)25-24(32-22,18-12-6-3-7-13-18)26-34(29,30)27-16-33-20-15-9-8-14-19(20)27/h2-15,21-22,25-26H,16H2,1H3/t21-,22+,24-/m0/s1. The largest absolute Gasteiger partial charge is 0.467 e. The molecule has 3 atom stereocenters. The number of fused-ring (bicyclic) bond motifs is 1. The summed E-state index contributed by atoms with van der Waals surface area (Å²) in [6.07, 6.45) is -1.09. The van der Waals surface area contributed by atoms with E-state index in [1.165, 1.54) is 23.2 Å².